The van der Waals surface area contributed by atoms with Gasteiger partial charge < -0.3 is 20.3 Å². The third-order valence-electron chi connectivity index (χ3n) is 4.29. The van der Waals surface area contributed by atoms with Gasteiger partial charge in [0.2, 0.25) is 0 Å². The summed E-state index contributed by atoms with van der Waals surface area (Å²) in [5, 5.41) is 22.7. The normalized spacial score (nSPS) is 13.6. The number of halogens is 3. The van der Waals surface area contributed by atoms with Gasteiger partial charge in [-0.2, -0.15) is 13.2 Å². The molecular formula is C20H22F3NO4. The number of ether oxygens (including phenoxy) is 1. The van der Waals surface area contributed by atoms with Gasteiger partial charge in [-0.05, 0) is 36.1 Å². The molecule has 28 heavy (non-hydrogen) atoms. The van der Waals surface area contributed by atoms with Crippen LogP contribution < -0.4 is 5.32 Å². The number of aliphatic hydroxyl groups excluding tert-OH is 2. The van der Waals surface area contributed by atoms with Gasteiger partial charge in [0.05, 0.1) is 11.7 Å². The van der Waals surface area contributed by atoms with E-state index in [1.165, 1.54) is 19.1 Å². The number of alkyl halides is 3. The van der Waals surface area contributed by atoms with E-state index in [-0.39, 0.29) is 30.7 Å². The summed E-state index contributed by atoms with van der Waals surface area (Å²) >= 11 is 0. The molecule has 8 heteroatoms. The molecule has 0 heterocycles. The summed E-state index contributed by atoms with van der Waals surface area (Å²) < 4.78 is 43.9. The van der Waals surface area contributed by atoms with Crippen molar-refractivity contribution in [1.29, 1.82) is 0 Å². The van der Waals surface area contributed by atoms with Crippen LogP contribution in [0.15, 0.2) is 48.5 Å². The Labute approximate surface area is 160 Å². The zero-order valence-electron chi connectivity index (χ0n) is 15.2. The van der Waals surface area contributed by atoms with E-state index in [2.05, 4.69) is 5.32 Å². The average molecular weight is 397 g/mol. The highest BCUT2D eigenvalue weighted by Gasteiger charge is 2.34. The molecule has 0 aliphatic heterocycles. The lowest BCUT2D eigenvalue weighted by Crippen LogP contribution is -2.30. The molecule has 0 aliphatic rings. The van der Waals surface area contributed by atoms with E-state index in [1.807, 2.05) is 18.2 Å². The van der Waals surface area contributed by atoms with Crippen LogP contribution in [0.2, 0.25) is 0 Å². The summed E-state index contributed by atoms with van der Waals surface area (Å²) in [5.41, 5.74) is -0.197. The maximum atomic E-state index is 13.0. The molecule has 0 radical (unpaired) electrons. The zero-order chi connectivity index (χ0) is 20.7. The Morgan fingerprint density at radius 2 is 1.79 bits per heavy atom. The second-order valence-corrected chi connectivity index (χ2v) is 6.31. The van der Waals surface area contributed by atoms with E-state index in [9.17, 15) is 28.2 Å². The molecule has 0 saturated carbocycles. The maximum absolute atomic E-state index is 13.0. The van der Waals surface area contributed by atoms with Crippen LogP contribution in [0.4, 0.5) is 18.0 Å². The van der Waals surface area contributed by atoms with Crippen LogP contribution in [0.3, 0.4) is 0 Å². The van der Waals surface area contributed by atoms with Gasteiger partial charge in [0.25, 0.3) is 0 Å². The number of amides is 1. The van der Waals surface area contributed by atoms with Crippen LogP contribution >= 0.6 is 0 Å². The predicted octanol–water partition coefficient (Wildman–Crippen LogP) is 3.72. The Morgan fingerprint density at radius 1 is 1.11 bits per heavy atom. The first-order valence-electron chi connectivity index (χ1n) is 8.67. The Kier molecular flexibility index (Phi) is 7.42. The van der Waals surface area contributed by atoms with Crippen molar-refractivity contribution in [2.24, 2.45) is 0 Å². The Hall–Kier alpha value is -2.58. The number of hydrogen-bond donors (Lipinski definition) is 3. The molecule has 5 nitrogen and oxygen atoms in total. The monoisotopic (exact) mass is 397 g/mol. The first-order chi connectivity index (χ1) is 13.2. The van der Waals surface area contributed by atoms with Crippen LogP contribution in [-0.4, -0.2) is 29.0 Å². The lowest BCUT2D eigenvalue weighted by Gasteiger charge is -2.22. The zero-order valence-corrected chi connectivity index (χ0v) is 15.2. The van der Waals surface area contributed by atoms with Gasteiger partial charge in [-0.25, -0.2) is 4.79 Å². The average Bonchev–Trinajstić information content (AvgIpc) is 2.66. The smallest absolute Gasteiger partial charge is 0.416 e. The van der Waals surface area contributed by atoms with Crippen LogP contribution in [0.5, 0.6) is 0 Å². The molecule has 0 aromatic heterocycles. The van der Waals surface area contributed by atoms with Gasteiger partial charge in [0, 0.05) is 6.54 Å². The lowest BCUT2D eigenvalue weighted by molar-refractivity contribution is -0.138. The van der Waals surface area contributed by atoms with E-state index in [0.717, 1.165) is 11.6 Å². The number of nitrogens with one attached hydrogen (secondary N) is 1. The summed E-state index contributed by atoms with van der Waals surface area (Å²) in [5.74, 6) is 0. The fourth-order valence-electron chi connectivity index (χ4n) is 2.74. The molecule has 0 fully saturated rings. The molecule has 2 unspecified atom stereocenters. The molecule has 3 N–H and O–H groups in total. The Bertz CT molecular complexity index is 781. The third kappa shape index (κ3) is 5.97. The molecule has 152 valence electrons. The van der Waals surface area contributed by atoms with E-state index >= 15 is 0 Å². The van der Waals surface area contributed by atoms with Crippen LogP contribution in [-0.2, 0) is 17.5 Å². The van der Waals surface area contributed by atoms with Gasteiger partial charge in [-0.15, -0.1) is 0 Å². The highest BCUT2D eigenvalue weighted by Crippen LogP contribution is 2.35. The van der Waals surface area contributed by atoms with Gasteiger partial charge in [-0.3, -0.25) is 0 Å². The molecule has 2 rings (SSSR count). The molecule has 0 saturated heterocycles. The second kappa shape index (κ2) is 9.57. The number of benzene rings is 2. The van der Waals surface area contributed by atoms with Gasteiger partial charge in [-0.1, -0.05) is 42.5 Å². The maximum Gasteiger partial charge on any atom is 0.416 e. The van der Waals surface area contributed by atoms with Crippen molar-refractivity contribution in [3.63, 3.8) is 0 Å². The van der Waals surface area contributed by atoms with Crippen molar-refractivity contribution in [2.45, 2.75) is 38.3 Å². The van der Waals surface area contributed by atoms with Gasteiger partial charge >= 0.3 is 12.3 Å². The quantitative estimate of drug-likeness (QED) is 0.665. The molecular weight excluding hydrogens is 375 g/mol. The van der Waals surface area contributed by atoms with Crippen LogP contribution in [0.25, 0.3) is 0 Å². The summed E-state index contributed by atoms with van der Waals surface area (Å²) in [4.78, 5) is 11.6. The Morgan fingerprint density at radius 3 is 2.43 bits per heavy atom. The van der Waals surface area contributed by atoms with Crippen molar-refractivity contribution in [3.05, 3.63) is 70.8 Å². The fraction of sp³-hybridized carbons (Fsp3) is 0.350. The SMILES string of the molecule is Cc1c(C(O)C(O)CCNC(=O)OCc2ccccc2)cccc1C(F)(F)F. The second-order valence-electron chi connectivity index (χ2n) is 6.31. The minimum Gasteiger partial charge on any atom is -0.445 e. The van der Waals surface area contributed by atoms with E-state index in [0.29, 0.717) is 0 Å². The summed E-state index contributed by atoms with van der Waals surface area (Å²) in [7, 11) is 0. The van der Waals surface area contributed by atoms with Gasteiger partial charge in [0.1, 0.15) is 12.7 Å². The van der Waals surface area contributed by atoms with Crippen LogP contribution in [0, 0.1) is 6.92 Å². The summed E-state index contributed by atoms with van der Waals surface area (Å²) in [6.45, 7) is 1.32. The summed E-state index contributed by atoms with van der Waals surface area (Å²) in [6.07, 6.45) is -8.16. The molecule has 0 aliphatic carbocycles. The van der Waals surface area contributed by atoms with Crippen molar-refractivity contribution >= 4 is 6.09 Å². The van der Waals surface area contributed by atoms with Crippen molar-refractivity contribution in [2.75, 3.05) is 6.54 Å². The largest absolute Gasteiger partial charge is 0.445 e. The van der Waals surface area contributed by atoms with Crippen molar-refractivity contribution in [1.82, 2.24) is 5.32 Å². The number of carbonyl (C=O) groups excluding carboxylic acids is 1. The minimum absolute atomic E-state index is 0.00557. The number of carbonyl (C=O) groups is 1. The first kappa shape index (κ1) is 21.7. The van der Waals surface area contributed by atoms with E-state index in [1.54, 1.807) is 12.1 Å². The first-order valence-corrected chi connectivity index (χ1v) is 8.67. The standard InChI is InChI=1S/C20H22F3NO4/c1-13-15(8-5-9-16(13)20(21,22)23)18(26)17(25)10-11-24-19(27)28-12-14-6-3-2-4-7-14/h2-9,17-18,25-26H,10-12H2,1H3,(H,24,27). The topological polar surface area (TPSA) is 78.8 Å². The van der Waals surface area contributed by atoms with E-state index < -0.39 is 30.0 Å². The molecule has 0 spiro atoms. The molecule has 0 bridgehead atoms. The third-order valence-corrected chi connectivity index (χ3v) is 4.29. The molecule has 1 amide bonds. The van der Waals surface area contributed by atoms with E-state index in [4.69, 9.17) is 4.74 Å². The highest BCUT2D eigenvalue weighted by molar-refractivity contribution is 5.67. The molecule has 2 aromatic carbocycles. The number of aliphatic hydroxyl groups is 2. The molecule has 2 atom stereocenters. The van der Waals surface area contributed by atoms with Crippen molar-refractivity contribution < 1.29 is 32.9 Å². The molecule has 2 aromatic rings. The van der Waals surface area contributed by atoms with Crippen molar-refractivity contribution in [3.8, 4) is 0 Å². The minimum atomic E-state index is -4.55. The fourth-order valence-corrected chi connectivity index (χ4v) is 2.74. The highest BCUT2D eigenvalue weighted by atomic mass is 19.4. The summed E-state index contributed by atoms with van der Waals surface area (Å²) in [6, 6.07) is 12.5. The number of rotatable bonds is 7. The lowest BCUT2D eigenvalue weighted by atomic mass is 9.94. The predicted molar refractivity (Wildman–Crippen MR) is 96.4 cm³/mol. The van der Waals surface area contributed by atoms with Gasteiger partial charge in [0.15, 0.2) is 0 Å². The Balaban J connectivity index is 1.84. The van der Waals surface area contributed by atoms with Crippen LogP contribution in [0.1, 0.15) is 34.8 Å². The number of alkyl carbamates (subject to hydrolysis) is 1. The number of hydrogen-bond acceptors (Lipinski definition) is 4.